The van der Waals surface area contributed by atoms with Crippen molar-refractivity contribution in [3.63, 3.8) is 0 Å². The topological polar surface area (TPSA) is 97.6 Å². The minimum absolute atomic E-state index is 0.114. The third-order valence-corrected chi connectivity index (χ3v) is 4.58. The molecule has 7 nitrogen and oxygen atoms in total. The van der Waals surface area contributed by atoms with Gasteiger partial charge in [0.15, 0.2) is 17.3 Å². The van der Waals surface area contributed by atoms with E-state index in [1.165, 1.54) is 0 Å². The van der Waals surface area contributed by atoms with E-state index >= 15 is 0 Å². The lowest BCUT2D eigenvalue weighted by molar-refractivity contribution is -0.122. The lowest BCUT2D eigenvalue weighted by Crippen LogP contribution is -2.34. The summed E-state index contributed by atoms with van der Waals surface area (Å²) in [5, 5.41) is 5.75. The Bertz CT molecular complexity index is 1150. The van der Waals surface area contributed by atoms with Gasteiger partial charge in [0.2, 0.25) is 0 Å². The van der Waals surface area contributed by atoms with Crippen molar-refractivity contribution in [3.8, 4) is 5.75 Å². The highest BCUT2D eigenvalue weighted by atomic mass is 79.9. The molecule has 1 aromatic heterocycles. The predicted octanol–water partition coefficient (Wildman–Crippen LogP) is 3.53. The van der Waals surface area contributed by atoms with Crippen molar-refractivity contribution in [2.45, 2.75) is 13.0 Å². The van der Waals surface area contributed by atoms with Crippen molar-refractivity contribution >= 4 is 50.1 Å². The lowest BCUT2D eigenvalue weighted by atomic mass is 10.2. The molecule has 0 radical (unpaired) electrons. The van der Waals surface area contributed by atoms with E-state index in [2.05, 4.69) is 26.6 Å². The zero-order chi connectivity index (χ0) is 19.1. The zero-order valence-corrected chi connectivity index (χ0v) is 15.6. The summed E-state index contributed by atoms with van der Waals surface area (Å²) in [5.41, 5.74) is 0.880. The molecule has 1 unspecified atom stereocenters. The van der Waals surface area contributed by atoms with E-state index in [-0.39, 0.29) is 17.1 Å². The molecule has 0 aliphatic carbocycles. The Labute approximate surface area is 161 Å². The van der Waals surface area contributed by atoms with Crippen molar-refractivity contribution in [3.05, 3.63) is 62.9 Å². The van der Waals surface area contributed by atoms with Gasteiger partial charge in [0.1, 0.15) is 11.3 Å². The molecule has 8 heteroatoms. The van der Waals surface area contributed by atoms with Gasteiger partial charge in [-0.15, -0.1) is 0 Å². The molecule has 27 heavy (non-hydrogen) atoms. The third kappa shape index (κ3) is 3.31. The van der Waals surface area contributed by atoms with Crippen LogP contribution in [0.4, 0.5) is 11.4 Å². The maximum Gasteiger partial charge on any atom is 0.291 e. The molecule has 0 bridgehead atoms. The van der Waals surface area contributed by atoms with Gasteiger partial charge in [-0.3, -0.25) is 14.4 Å². The highest BCUT2D eigenvalue weighted by Gasteiger charge is 2.24. The van der Waals surface area contributed by atoms with E-state index in [4.69, 9.17) is 9.15 Å². The smallest absolute Gasteiger partial charge is 0.291 e. The van der Waals surface area contributed by atoms with E-state index in [0.29, 0.717) is 28.1 Å². The summed E-state index contributed by atoms with van der Waals surface area (Å²) in [4.78, 5) is 36.4. The highest BCUT2D eigenvalue weighted by molar-refractivity contribution is 9.10. The van der Waals surface area contributed by atoms with E-state index in [1.807, 2.05) is 0 Å². The third-order valence-electron chi connectivity index (χ3n) is 4.08. The maximum absolute atomic E-state index is 12.5. The Balaban J connectivity index is 1.63. The van der Waals surface area contributed by atoms with E-state index in [0.717, 1.165) is 10.5 Å². The number of anilines is 2. The first kappa shape index (κ1) is 17.3. The lowest BCUT2D eigenvalue weighted by Gasteiger charge is -2.23. The fourth-order valence-electron chi connectivity index (χ4n) is 2.72. The molecule has 0 saturated heterocycles. The average Bonchev–Trinajstić information content (AvgIpc) is 2.62. The molecule has 1 aliphatic rings. The second-order valence-corrected chi connectivity index (χ2v) is 6.95. The summed E-state index contributed by atoms with van der Waals surface area (Å²) < 4.78 is 11.8. The van der Waals surface area contributed by atoms with Gasteiger partial charge in [-0.2, -0.15) is 0 Å². The van der Waals surface area contributed by atoms with Gasteiger partial charge in [0.25, 0.3) is 11.8 Å². The fourth-order valence-corrected chi connectivity index (χ4v) is 3.06. The molecule has 0 fully saturated rings. The van der Waals surface area contributed by atoms with Crippen LogP contribution < -0.4 is 20.8 Å². The van der Waals surface area contributed by atoms with Crippen molar-refractivity contribution in [2.75, 3.05) is 10.6 Å². The minimum atomic E-state index is -0.579. The summed E-state index contributed by atoms with van der Waals surface area (Å²) in [6.07, 6.45) is -0.579. The molecule has 4 rings (SSSR count). The number of carbonyl (C=O) groups is 2. The number of hydrogen-bond acceptors (Lipinski definition) is 5. The Hall–Kier alpha value is -3.13. The van der Waals surface area contributed by atoms with Crippen molar-refractivity contribution < 1.29 is 18.7 Å². The van der Waals surface area contributed by atoms with E-state index in [1.54, 1.807) is 43.3 Å². The van der Waals surface area contributed by atoms with Gasteiger partial charge in [-0.25, -0.2) is 0 Å². The first-order valence-corrected chi connectivity index (χ1v) is 8.86. The van der Waals surface area contributed by atoms with Crippen LogP contribution in [0.15, 0.2) is 56.1 Å². The molecule has 0 spiro atoms. The van der Waals surface area contributed by atoms with Crippen LogP contribution in [0.2, 0.25) is 0 Å². The summed E-state index contributed by atoms with van der Waals surface area (Å²) in [5.74, 6) is -0.443. The molecule has 2 aromatic carbocycles. The molecule has 3 aromatic rings. The number of fused-ring (bicyclic) bond motifs is 2. The van der Waals surface area contributed by atoms with Crippen LogP contribution in [0.1, 0.15) is 17.5 Å². The molecule has 1 atom stereocenters. The molecule has 2 amide bonds. The Morgan fingerprint density at radius 1 is 1.15 bits per heavy atom. The Kier molecular flexibility index (Phi) is 4.19. The number of amides is 2. The zero-order valence-electron chi connectivity index (χ0n) is 14.0. The monoisotopic (exact) mass is 428 g/mol. The summed E-state index contributed by atoms with van der Waals surface area (Å²) in [6, 6.07) is 11.0. The number of hydrogen-bond donors (Lipinski definition) is 2. The SMILES string of the molecule is CC1Oc2ccc(NC(=O)c3cc(=O)c4ccc(Br)cc4o3)cc2NC1=O. The van der Waals surface area contributed by atoms with E-state index in [9.17, 15) is 14.4 Å². The van der Waals surface area contributed by atoms with E-state index < -0.39 is 12.0 Å². The van der Waals surface area contributed by atoms with Gasteiger partial charge in [0.05, 0.1) is 11.1 Å². The number of carbonyl (C=O) groups excluding carboxylic acids is 2. The standard InChI is InChI=1S/C19H13BrN2O5/c1-9-18(24)22-13-7-11(3-5-15(13)26-9)21-19(25)17-8-14(23)12-4-2-10(20)6-16(12)27-17/h2-9H,1H3,(H,21,25)(H,22,24). The number of nitrogens with one attached hydrogen (secondary N) is 2. The molecule has 2 heterocycles. The van der Waals surface area contributed by atoms with Crippen molar-refractivity contribution in [2.24, 2.45) is 0 Å². The van der Waals surface area contributed by atoms with Gasteiger partial charge in [0, 0.05) is 16.2 Å². The van der Waals surface area contributed by atoms with Crippen LogP contribution in [-0.4, -0.2) is 17.9 Å². The molecule has 1 aliphatic heterocycles. The van der Waals surface area contributed by atoms with Crippen molar-refractivity contribution in [1.82, 2.24) is 0 Å². The average molecular weight is 429 g/mol. The Morgan fingerprint density at radius 2 is 1.96 bits per heavy atom. The van der Waals surface area contributed by atoms with Gasteiger partial charge < -0.3 is 19.8 Å². The largest absolute Gasteiger partial charge is 0.479 e. The number of ether oxygens (including phenoxy) is 1. The minimum Gasteiger partial charge on any atom is -0.479 e. The van der Waals surface area contributed by atoms with Crippen LogP contribution in [0.5, 0.6) is 5.75 Å². The molecule has 2 N–H and O–H groups in total. The van der Waals surface area contributed by atoms with Gasteiger partial charge in [-0.05, 0) is 43.3 Å². The van der Waals surface area contributed by atoms with Crippen LogP contribution in [-0.2, 0) is 4.79 Å². The van der Waals surface area contributed by atoms with Crippen LogP contribution in [0.25, 0.3) is 11.0 Å². The summed E-state index contributed by atoms with van der Waals surface area (Å²) >= 11 is 3.31. The van der Waals surface area contributed by atoms with Crippen molar-refractivity contribution in [1.29, 1.82) is 0 Å². The fraction of sp³-hybridized carbons (Fsp3) is 0.105. The highest BCUT2D eigenvalue weighted by Crippen LogP contribution is 2.32. The van der Waals surface area contributed by atoms with Crippen LogP contribution in [0.3, 0.4) is 0 Å². The summed E-state index contributed by atoms with van der Waals surface area (Å²) in [7, 11) is 0. The second-order valence-electron chi connectivity index (χ2n) is 6.03. The first-order chi connectivity index (χ1) is 12.9. The number of rotatable bonds is 2. The molecule has 0 saturated carbocycles. The molecular weight excluding hydrogens is 416 g/mol. The maximum atomic E-state index is 12.5. The van der Waals surface area contributed by atoms with Gasteiger partial charge >= 0.3 is 0 Å². The second kappa shape index (κ2) is 6.55. The Morgan fingerprint density at radius 3 is 2.78 bits per heavy atom. The summed E-state index contributed by atoms with van der Waals surface area (Å²) in [6.45, 7) is 1.65. The number of benzene rings is 2. The molecule has 136 valence electrons. The van der Waals surface area contributed by atoms with Crippen LogP contribution >= 0.6 is 15.9 Å². The number of halogens is 1. The predicted molar refractivity (Wildman–Crippen MR) is 103 cm³/mol. The van der Waals surface area contributed by atoms with Crippen LogP contribution in [0, 0.1) is 0 Å². The molecular formula is C19H13BrN2O5. The quantitative estimate of drug-likeness (QED) is 0.650. The first-order valence-electron chi connectivity index (χ1n) is 8.07. The normalized spacial score (nSPS) is 15.6. The van der Waals surface area contributed by atoms with Gasteiger partial charge in [-0.1, -0.05) is 15.9 Å².